The first-order valence-corrected chi connectivity index (χ1v) is 5.16. The van der Waals surface area contributed by atoms with Crippen LogP contribution in [0.2, 0.25) is 0 Å². The highest BCUT2D eigenvalue weighted by Crippen LogP contribution is 2.29. The van der Waals surface area contributed by atoms with E-state index in [0.717, 1.165) is 36.5 Å². The molecule has 0 unspecified atom stereocenters. The predicted molar refractivity (Wildman–Crippen MR) is 54.3 cm³/mol. The summed E-state index contributed by atoms with van der Waals surface area (Å²) in [5.74, 6) is 0.919. The van der Waals surface area contributed by atoms with Gasteiger partial charge in [-0.25, -0.2) is 0 Å². The van der Waals surface area contributed by atoms with Crippen molar-refractivity contribution in [2.75, 3.05) is 0 Å². The lowest BCUT2D eigenvalue weighted by atomic mass is 10.1. The molecule has 1 N–H and O–H groups in total. The van der Waals surface area contributed by atoms with E-state index in [1.165, 1.54) is 0 Å². The summed E-state index contributed by atoms with van der Waals surface area (Å²) >= 11 is 0. The van der Waals surface area contributed by atoms with Crippen molar-refractivity contribution in [3.8, 4) is 17.2 Å². The van der Waals surface area contributed by atoms with Crippen LogP contribution >= 0.6 is 0 Å². The molecule has 3 heteroatoms. The molecule has 3 nitrogen and oxygen atoms in total. The van der Waals surface area contributed by atoms with Crippen LogP contribution in [0.4, 0.5) is 0 Å². The average Bonchev–Trinajstić information content (AvgIpc) is 2.78. The molecule has 1 aliphatic rings. The van der Waals surface area contributed by atoms with Gasteiger partial charge < -0.3 is 9.52 Å². The molecule has 2 aromatic rings. The maximum absolute atomic E-state index is 9.74. The number of hydrogen-bond acceptors (Lipinski definition) is 2. The number of benzene rings is 1. The maximum atomic E-state index is 9.74. The lowest BCUT2D eigenvalue weighted by Crippen LogP contribution is -2.32. The highest BCUT2D eigenvalue weighted by molar-refractivity contribution is 5.60. The van der Waals surface area contributed by atoms with Crippen LogP contribution in [0, 0.1) is 0 Å². The molecule has 0 radical (unpaired) electrons. The van der Waals surface area contributed by atoms with Gasteiger partial charge in [0.2, 0.25) is 0 Å². The van der Waals surface area contributed by atoms with Crippen molar-refractivity contribution in [3.05, 3.63) is 36.2 Å². The van der Waals surface area contributed by atoms with E-state index in [2.05, 4.69) is 4.57 Å². The molecule has 0 atom stereocenters. The first-order chi connectivity index (χ1) is 7.36. The van der Waals surface area contributed by atoms with Crippen LogP contribution in [0.15, 0.2) is 34.7 Å². The molecule has 1 aromatic heterocycles. The Morgan fingerprint density at radius 3 is 2.80 bits per heavy atom. The smallest absolute Gasteiger partial charge is 0.362 e. The Morgan fingerprint density at radius 1 is 1.20 bits per heavy atom. The van der Waals surface area contributed by atoms with E-state index in [1.54, 1.807) is 0 Å². The lowest BCUT2D eigenvalue weighted by Gasteiger charge is -1.94. The second kappa shape index (κ2) is 3.12. The fraction of sp³-hybridized carbons (Fsp3) is 0.250. The fourth-order valence-corrected chi connectivity index (χ4v) is 2.14. The van der Waals surface area contributed by atoms with Gasteiger partial charge in [0.05, 0.1) is 12.0 Å². The summed E-state index contributed by atoms with van der Waals surface area (Å²) in [5, 5.41) is 9.74. The Balaban J connectivity index is 2.20. The first-order valence-electron chi connectivity index (χ1n) is 5.16. The standard InChI is InChI=1S/C12H11NO2/c14-12-11(9-5-2-1-3-6-9)13-8-4-7-10(13)15-12/h1-3,5-6H,4,7-8H2/p+1. The van der Waals surface area contributed by atoms with E-state index < -0.39 is 0 Å². The normalized spacial score (nSPS) is 14.1. The Morgan fingerprint density at radius 2 is 2.00 bits per heavy atom. The second-order valence-corrected chi connectivity index (χ2v) is 3.77. The van der Waals surface area contributed by atoms with Gasteiger partial charge >= 0.3 is 11.8 Å². The zero-order valence-electron chi connectivity index (χ0n) is 8.31. The van der Waals surface area contributed by atoms with Crippen LogP contribution in [-0.2, 0) is 13.0 Å². The van der Waals surface area contributed by atoms with Crippen LogP contribution in [-0.4, -0.2) is 5.11 Å². The van der Waals surface area contributed by atoms with Crippen LogP contribution in [0.25, 0.3) is 11.3 Å². The van der Waals surface area contributed by atoms with Crippen molar-refractivity contribution in [3.63, 3.8) is 0 Å². The minimum atomic E-state index is 0.0379. The summed E-state index contributed by atoms with van der Waals surface area (Å²) in [6, 6.07) is 9.85. The van der Waals surface area contributed by atoms with Gasteiger partial charge in [-0.05, 0) is 12.1 Å². The van der Waals surface area contributed by atoms with Gasteiger partial charge in [0, 0.05) is 6.42 Å². The third-order valence-electron chi connectivity index (χ3n) is 2.81. The molecule has 3 rings (SSSR count). The summed E-state index contributed by atoms with van der Waals surface area (Å²) in [6.45, 7) is 0.934. The molecule has 0 spiro atoms. The second-order valence-electron chi connectivity index (χ2n) is 3.77. The van der Waals surface area contributed by atoms with E-state index >= 15 is 0 Å². The quantitative estimate of drug-likeness (QED) is 0.717. The molecule has 1 aromatic carbocycles. The SMILES string of the molecule is Oc1oc2[n+](c1-c1ccccc1)CCC2. The predicted octanol–water partition coefficient (Wildman–Crippen LogP) is 1.89. The fourth-order valence-electron chi connectivity index (χ4n) is 2.14. The first kappa shape index (κ1) is 8.53. The molecule has 15 heavy (non-hydrogen) atoms. The van der Waals surface area contributed by atoms with Crippen molar-refractivity contribution in [1.29, 1.82) is 0 Å². The summed E-state index contributed by atoms with van der Waals surface area (Å²) < 4.78 is 7.39. The van der Waals surface area contributed by atoms with Gasteiger partial charge in [-0.15, -0.1) is 0 Å². The van der Waals surface area contributed by atoms with Crippen molar-refractivity contribution in [2.45, 2.75) is 19.4 Å². The van der Waals surface area contributed by atoms with E-state index in [4.69, 9.17) is 4.42 Å². The highest BCUT2D eigenvalue weighted by atomic mass is 16.5. The van der Waals surface area contributed by atoms with Crippen LogP contribution in [0.5, 0.6) is 5.95 Å². The number of aromatic hydroxyl groups is 1. The number of oxazole rings is 1. The molecule has 0 amide bonds. The van der Waals surface area contributed by atoms with Gasteiger partial charge in [-0.1, -0.05) is 18.2 Å². The van der Waals surface area contributed by atoms with E-state index in [1.807, 2.05) is 30.3 Å². The van der Waals surface area contributed by atoms with Crippen LogP contribution < -0.4 is 4.57 Å². The number of rotatable bonds is 1. The van der Waals surface area contributed by atoms with Gasteiger partial charge in [-0.2, -0.15) is 4.57 Å². The molecule has 0 aliphatic carbocycles. The molecule has 0 saturated heterocycles. The molecular formula is C12H12NO2+. The summed E-state index contributed by atoms with van der Waals surface area (Å²) in [7, 11) is 0. The van der Waals surface area contributed by atoms with Crippen molar-refractivity contribution >= 4 is 0 Å². The number of hydrogen-bond donors (Lipinski definition) is 1. The monoisotopic (exact) mass is 202 g/mol. The number of aromatic nitrogens is 1. The Hall–Kier alpha value is -1.77. The van der Waals surface area contributed by atoms with Crippen LogP contribution in [0.1, 0.15) is 12.3 Å². The van der Waals surface area contributed by atoms with Gasteiger partial charge in [0.25, 0.3) is 5.69 Å². The van der Waals surface area contributed by atoms with E-state index in [0.29, 0.717) is 0 Å². The number of aryl methyl sites for hydroxylation is 1. The minimum Gasteiger partial charge on any atom is -0.476 e. The largest absolute Gasteiger partial charge is 0.476 e. The third kappa shape index (κ3) is 1.23. The van der Waals surface area contributed by atoms with Crippen molar-refractivity contribution in [2.24, 2.45) is 0 Å². The van der Waals surface area contributed by atoms with E-state index in [9.17, 15) is 5.11 Å². The third-order valence-corrected chi connectivity index (χ3v) is 2.81. The maximum Gasteiger partial charge on any atom is 0.362 e. The van der Waals surface area contributed by atoms with Crippen molar-refractivity contribution < 1.29 is 14.1 Å². The Bertz CT molecular complexity index is 488. The summed E-state index contributed by atoms with van der Waals surface area (Å²) in [5.41, 5.74) is 1.81. The summed E-state index contributed by atoms with van der Waals surface area (Å²) in [6.07, 6.45) is 2.01. The Labute approximate surface area is 87.6 Å². The molecular weight excluding hydrogens is 190 g/mol. The van der Waals surface area contributed by atoms with Gasteiger partial charge in [0.1, 0.15) is 0 Å². The highest BCUT2D eigenvalue weighted by Gasteiger charge is 2.33. The van der Waals surface area contributed by atoms with Gasteiger partial charge in [-0.3, -0.25) is 0 Å². The Kier molecular flexibility index (Phi) is 1.78. The lowest BCUT2D eigenvalue weighted by molar-refractivity contribution is -0.683. The zero-order valence-corrected chi connectivity index (χ0v) is 8.31. The molecule has 0 bridgehead atoms. The van der Waals surface area contributed by atoms with E-state index in [-0.39, 0.29) is 5.95 Å². The number of nitrogens with zero attached hydrogens (tertiary/aromatic N) is 1. The topological polar surface area (TPSA) is 37.3 Å². The average molecular weight is 202 g/mol. The minimum absolute atomic E-state index is 0.0379. The number of fused-ring (bicyclic) bond motifs is 1. The molecule has 0 fully saturated rings. The summed E-state index contributed by atoms with van der Waals surface area (Å²) in [4.78, 5) is 0. The molecule has 76 valence electrons. The molecule has 0 saturated carbocycles. The van der Waals surface area contributed by atoms with Crippen LogP contribution in [0.3, 0.4) is 0 Å². The molecule has 2 heterocycles. The van der Waals surface area contributed by atoms with Gasteiger partial charge in [0.15, 0.2) is 6.54 Å². The zero-order chi connectivity index (χ0) is 10.3. The molecule has 1 aliphatic heterocycles. The van der Waals surface area contributed by atoms with Crippen molar-refractivity contribution in [1.82, 2.24) is 0 Å².